The van der Waals surface area contributed by atoms with Crippen molar-refractivity contribution in [1.82, 2.24) is 9.03 Å². The number of aromatic hydroxyl groups is 1. The van der Waals surface area contributed by atoms with Crippen LogP contribution in [0.15, 0.2) is 18.2 Å². The second kappa shape index (κ2) is 5.34. The predicted molar refractivity (Wildman–Crippen MR) is 84.1 cm³/mol. The van der Waals surface area contributed by atoms with E-state index >= 15 is 0 Å². The van der Waals surface area contributed by atoms with Crippen molar-refractivity contribution in [3.8, 4) is 5.75 Å². The summed E-state index contributed by atoms with van der Waals surface area (Å²) in [5, 5.41) is 9.72. The number of alkyl halides is 3. The Morgan fingerprint density at radius 1 is 1.20 bits per heavy atom. The second-order valence-electron chi connectivity index (χ2n) is 7.36. The molecule has 2 aliphatic carbocycles. The summed E-state index contributed by atoms with van der Waals surface area (Å²) in [6.07, 6.45) is -1.86. The fourth-order valence-corrected chi connectivity index (χ4v) is 6.54. The monoisotopic (exact) mass is 376 g/mol. The van der Waals surface area contributed by atoms with Crippen LogP contribution in [-0.4, -0.2) is 42.6 Å². The smallest absolute Gasteiger partial charge is 0.402 e. The van der Waals surface area contributed by atoms with Crippen LogP contribution in [0.2, 0.25) is 0 Å². The largest absolute Gasteiger partial charge is 0.508 e. The summed E-state index contributed by atoms with van der Waals surface area (Å²) in [7, 11) is -4.15. The Morgan fingerprint density at radius 2 is 1.84 bits per heavy atom. The van der Waals surface area contributed by atoms with Gasteiger partial charge in [0, 0.05) is 6.54 Å². The van der Waals surface area contributed by atoms with Crippen molar-refractivity contribution in [3.63, 3.8) is 0 Å². The van der Waals surface area contributed by atoms with E-state index in [2.05, 4.69) is 4.72 Å². The van der Waals surface area contributed by atoms with Gasteiger partial charge in [-0.15, -0.1) is 0 Å². The molecule has 9 heteroatoms. The number of phenolic OH excluding ortho intramolecular Hbond substituents is 1. The Hall–Kier alpha value is -1.32. The van der Waals surface area contributed by atoms with Crippen molar-refractivity contribution < 1.29 is 26.7 Å². The molecule has 2 fully saturated rings. The van der Waals surface area contributed by atoms with Gasteiger partial charge in [0.2, 0.25) is 0 Å². The molecule has 3 atom stereocenters. The standard InChI is InChI=1S/C16H19F3N2O3S/c17-16(18,19)9-21-8-15(20-25(21,23)24)12-2-3-13(15)6-11-7-14(22)4-1-10(11)5-12/h1,4,7,12-13,20,22H,2-3,5-6,8-9H2/t12-,13+,15+/m0/s1. The van der Waals surface area contributed by atoms with Gasteiger partial charge < -0.3 is 5.11 Å². The van der Waals surface area contributed by atoms with Crippen molar-refractivity contribution >= 4 is 10.2 Å². The zero-order valence-electron chi connectivity index (χ0n) is 13.4. The van der Waals surface area contributed by atoms with Gasteiger partial charge in [-0.05, 0) is 60.8 Å². The first kappa shape index (κ1) is 17.1. The highest BCUT2D eigenvalue weighted by atomic mass is 32.2. The van der Waals surface area contributed by atoms with Crippen molar-refractivity contribution in [2.75, 3.05) is 13.1 Å². The molecule has 1 aromatic rings. The van der Waals surface area contributed by atoms with E-state index in [1.165, 1.54) is 0 Å². The van der Waals surface area contributed by atoms with E-state index in [-0.39, 0.29) is 24.1 Å². The molecule has 3 aliphatic rings. The second-order valence-corrected chi connectivity index (χ2v) is 9.03. The number of phenols is 1. The lowest BCUT2D eigenvalue weighted by molar-refractivity contribution is -0.136. The fraction of sp³-hybridized carbons (Fsp3) is 0.625. The summed E-state index contributed by atoms with van der Waals surface area (Å²) in [4.78, 5) is 0. The Balaban J connectivity index is 1.70. The van der Waals surface area contributed by atoms with E-state index in [1.54, 1.807) is 12.1 Å². The number of nitrogens with zero attached hydrogens (tertiary/aromatic N) is 1. The molecular weight excluding hydrogens is 357 g/mol. The van der Waals surface area contributed by atoms with E-state index in [1.807, 2.05) is 6.07 Å². The van der Waals surface area contributed by atoms with E-state index in [0.29, 0.717) is 17.1 Å². The third-order valence-corrected chi connectivity index (χ3v) is 7.47. The van der Waals surface area contributed by atoms with E-state index in [0.717, 1.165) is 24.0 Å². The van der Waals surface area contributed by atoms with Crippen LogP contribution in [0.25, 0.3) is 0 Å². The zero-order chi connectivity index (χ0) is 18.0. The van der Waals surface area contributed by atoms with Crippen molar-refractivity contribution in [2.45, 2.75) is 37.4 Å². The molecule has 1 saturated heterocycles. The molecule has 1 aliphatic heterocycles. The third-order valence-electron chi connectivity index (χ3n) is 5.90. The van der Waals surface area contributed by atoms with Gasteiger partial charge in [0.05, 0.1) is 5.54 Å². The highest BCUT2D eigenvalue weighted by Crippen LogP contribution is 2.50. The molecular formula is C16H19F3N2O3S. The highest BCUT2D eigenvalue weighted by Gasteiger charge is 2.60. The summed E-state index contributed by atoms with van der Waals surface area (Å²) in [5.41, 5.74) is 1.14. The lowest BCUT2D eigenvalue weighted by Gasteiger charge is -2.33. The minimum atomic E-state index is -4.57. The Bertz CT molecular complexity index is 811. The third kappa shape index (κ3) is 2.82. The summed E-state index contributed by atoms with van der Waals surface area (Å²) < 4.78 is 66.2. The lowest BCUT2D eigenvalue weighted by atomic mass is 9.79. The van der Waals surface area contributed by atoms with Gasteiger partial charge in [-0.2, -0.15) is 30.6 Å². The van der Waals surface area contributed by atoms with Gasteiger partial charge >= 0.3 is 6.18 Å². The number of nitrogens with one attached hydrogen (secondary N) is 1. The normalized spacial score (nSPS) is 34.2. The van der Waals surface area contributed by atoms with Gasteiger partial charge in [-0.3, -0.25) is 0 Å². The van der Waals surface area contributed by atoms with Crippen LogP contribution in [0.5, 0.6) is 5.75 Å². The van der Waals surface area contributed by atoms with Crippen LogP contribution >= 0.6 is 0 Å². The number of halogens is 3. The topological polar surface area (TPSA) is 69.6 Å². The van der Waals surface area contributed by atoms with Crippen molar-refractivity contribution in [3.05, 3.63) is 29.3 Å². The molecule has 1 heterocycles. The van der Waals surface area contributed by atoms with Crippen LogP contribution in [0, 0.1) is 11.8 Å². The average molecular weight is 376 g/mol. The van der Waals surface area contributed by atoms with Gasteiger partial charge in [0.15, 0.2) is 0 Å². The molecule has 1 spiro atoms. The molecule has 4 rings (SSSR count). The average Bonchev–Trinajstić information content (AvgIpc) is 2.84. The SMILES string of the molecule is O=S1(=O)N[C@@]2(CN1CC(F)(F)F)[C@@H]1CC[C@H]2Cc2ccc(O)cc2C1. The van der Waals surface area contributed by atoms with Crippen LogP contribution in [-0.2, 0) is 23.1 Å². The number of rotatable bonds is 1. The minimum absolute atomic E-state index is 0.0451. The fourth-order valence-electron chi connectivity index (χ4n) is 4.83. The van der Waals surface area contributed by atoms with Gasteiger partial charge in [0.1, 0.15) is 12.3 Å². The number of fused-ring (bicyclic) bond motifs is 1. The first-order valence-corrected chi connectivity index (χ1v) is 9.70. The molecule has 0 aromatic heterocycles. The molecule has 138 valence electrons. The summed E-state index contributed by atoms with van der Waals surface area (Å²) in [6.45, 7) is -1.61. The highest BCUT2D eigenvalue weighted by molar-refractivity contribution is 7.87. The molecule has 0 unspecified atom stereocenters. The lowest BCUT2D eigenvalue weighted by Crippen LogP contribution is -2.52. The first-order chi connectivity index (χ1) is 11.6. The number of hydrogen-bond acceptors (Lipinski definition) is 3. The Kier molecular flexibility index (Phi) is 3.66. The molecule has 1 aromatic carbocycles. The van der Waals surface area contributed by atoms with Crippen molar-refractivity contribution in [1.29, 1.82) is 0 Å². The summed E-state index contributed by atoms with van der Waals surface area (Å²) >= 11 is 0. The molecule has 5 nitrogen and oxygen atoms in total. The molecule has 2 N–H and O–H groups in total. The van der Waals surface area contributed by atoms with Crippen LogP contribution < -0.4 is 4.72 Å². The van der Waals surface area contributed by atoms with Crippen molar-refractivity contribution in [2.24, 2.45) is 11.8 Å². The van der Waals surface area contributed by atoms with E-state index in [4.69, 9.17) is 0 Å². The van der Waals surface area contributed by atoms with Crippen LogP contribution in [0.3, 0.4) is 0 Å². The maximum Gasteiger partial charge on any atom is 0.402 e. The van der Waals surface area contributed by atoms with Gasteiger partial charge in [-0.1, -0.05) is 6.07 Å². The Morgan fingerprint density at radius 3 is 2.48 bits per heavy atom. The predicted octanol–water partition coefficient (Wildman–Crippen LogP) is 1.97. The summed E-state index contributed by atoms with van der Waals surface area (Å²) in [5.74, 6) is 0.0288. The number of benzene rings is 1. The van der Waals surface area contributed by atoms with Crippen LogP contribution in [0.4, 0.5) is 13.2 Å². The summed E-state index contributed by atoms with van der Waals surface area (Å²) in [6, 6.07) is 5.11. The molecule has 1 saturated carbocycles. The number of hydrogen-bond donors (Lipinski definition) is 2. The molecule has 2 bridgehead atoms. The molecule has 0 radical (unpaired) electrons. The minimum Gasteiger partial charge on any atom is -0.508 e. The van der Waals surface area contributed by atoms with E-state index in [9.17, 15) is 26.7 Å². The van der Waals surface area contributed by atoms with Crippen LogP contribution in [0.1, 0.15) is 24.0 Å². The van der Waals surface area contributed by atoms with Gasteiger partial charge in [-0.25, -0.2) is 0 Å². The maximum atomic E-state index is 12.8. The Labute approximate surface area is 144 Å². The molecule has 25 heavy (non-hydrogen) atoms. The van der Waals surface area contributed by atoms with E-state index < -0.39 is 28.5 Å². The maximum absolute atomic E-state index is 12.8. The molecule has 0 amide bonds. The first-order valence-electron chi connectivity index (χ1n) is 8.26. The quantitative estimate of drug-likeness (QED) is 0.787. The zero-order valence-corrected chi connectivity index (χ0v) is 14.2. The van der Waals surface area contributed by atoms with Gasteiger partial charge in [0.25, 0.3) is 10.2 Å².